The van der Waals surface area contributed by atoms with Crippen LogP contribution in [-0.2, 0) is 0 Å². The van der Waals surface area contributed by atoms with Crippen molar-refractivity contribution in [3.05, 3.63) is 255 Å². The van der Waals surface area contributed by atoms with Gasteiger partial charge in [0.05, 0.1) is 11.0 Å². The minimum atomic E-state index is 0.886. The minimum Gasteiger partial charge on any atom is -0.456 e. The average molecular weight is 879 g/mol. The predicted octanol–water partition coefficient (Wildman–Crippen LogP) is 18.6. The molecule has 0 N–H and O–H groups in total. The maximum atomic E-state index is 6.29. The van der Waals surface area contributed by atoms with E-state index in [0.29, 0.717) is 0 Å². The van der Waals surface area contributed by atoms with Crippen LogP contribution >= 0.6 is 0 Å². The van der Waals surface area contributed by atoms with Crippen molar-refractivity contribution in [1.29, 1.82) is 0 Å². The summed E-state index contributed by atoms with van der Waals surface area (Å²) in [5, 5.41) is 12.0. The summed E-state index contributed by atoms with van der Waals surface area (Å²) >= 11 is 0. The lowest BCUT2D eigenvalue weighted by atomic mass is 9.91. The van der Waals surface area contributed by atoms with Crippen LogP contribution in [0.5, 0.6) is 0 Å². The molecule has 0 aliphatic rings. The van der Waals surface area contributed by atoms with Gasteiger partial charge in [-0.1, -0.05) is 188 Å². The van der Waals surface area contributed by atoms with Gasteiger partial charge in [0.15, 0.2) is 0 Å². The number of rotatable bonds is 7. The number of furan rings is 1. The smallest absolute Gasteiger partial charge is 0.135 e. The standard InChI is InChI=1S/C66H42N2O/c1-3-12-43(13-4-1)45-22-24-47(25-23-45)54-19-11-16-49-30-36-55-59(66(49)54)37-29-48-28-33-51(40-60(48)55)67(50-31-26-46(27-32-50)44-14-5-2-6-15-44)53-34-38-57-56-17-7-9-20-62(56)68(63(57)42-53)52-35-39-65-61(41-52)58-18-8-10-21-64(58)69-65/h1-42H. The molecule has 3 heteroatoms. The third kappa shape index (κ3) is 6.43. The van der Waals surface area contributed by atoms with E-state index in [0.717, 1.165) is 55.7 Å². The van der Waals surface area contributed by atoms with Gasteiger partial charge in [0, 0.05) is 44.3 Å². The molecule has 0 atom stereocenters. The van der Waals surface area contributed by atoms with E-state index in [-0.39, 0.29) is 0 Å². The first-order chi connectivity index (χ1) is 34.2. The number of hydrogen-bond acceptors (Lipinski definition) is 2. The van der Waals surface area contributed by atoms with E-state index in [1.165, 1.54) is 76.5 Å². The number of nitrogens with zero attached hydrogens (tertiary/aromatic N) is 2. The highest BCUT2D eigenvalue weighted by molar-refractivity contribution is 6.21. The molecule has 2 heterocycles. The molecule has 0 unspecified atom stereocenters. The van der Waals surface area contributed by atoms with Crippen LogP contribution in [0.1, 0.15) is 0 Å². The molecule has 0 fully saturated rings. The van der Waals surface area contributed by atoms with Crippen molar-refractivity contribution in [3.63, 3.8) is 0 Å². The van der Waals surface area contributed by atoms with Gasteiger partial charge in [-0.15, -0.1) is 0 Å². The lowest BCUT2D eigenvalue weighted by Gasteiger charge is -2.26. The molecular weight excluding hydrogens is 837 g/mol. The maximum absolute atomic E-state index is 6.29. The second kappa shape index (κ2) is 15.7. The zero-order valence-electron chi connectivity index (χ0n) is 37.6. The first-order valence-corrected chi connectivity index (χ1v) is 23.6. The van der Waals surface area contributed by atoms with Crippen LogP contribution in [0.15, 0.2) is 259 Å². The number of benzene rings is 12. The van der Waals surface area contributed by atoms with Crippen molar-refractivity contribution in [1.82, 2.24) is 4.57 Å². The summed E-state index contributed by atoms with van der Waals surface area (Å²) in [5.74, 6) is 0. The Morgan fingerprint density at radius 2 is 0.855 bits per heavy atom. The SMILES string of the molecule is c1ccc(-c2ccc(-c3cccc4ccc5c6cc(N(c7ccc(-c8ccccc8)cc7)c7ccc8c9ccccc9n(-c9ccc%10oc%11ccccc%11c%10c9)c8c7)ccc6ccc5c34)cc2)cc1. The highest BCUT2D eigenvalue weighted by atomic mass is 16.3. The van der Waals surface area contributed by atoms with Gasteiger partial charge in [-0.05, 0) is 132 Å². The molecule has 12 aromatic carbocycles. The summed E-state index contributed by atoms with van der Waals surface area (Å²) in [6, 6.07) is 92.7. The molecule has 14 aromatic rings. The monoisotopic (exact) mass is 878 g/mol. The van der Waals surface area contributed by atoms with Crippen molar-refractivity contribution >= 4 is 93.1 Å². The van der Waals surface area contributed by atoms with Crippen LogP contribution in [0.3, 0.4) is 0 Å². The molecule has 2 aromatic heterocycles. The lowest BCUT2D eigenvalue weighted by molar-refractivity contribution is 0.669. The van der Waals surface area contributed by atoms with Gasteiger partial charge in [0.2, 0.25) is 0 Å². The number of anilines is 3. The third-order valence-electron chi connectivity index (χ3n) is 14.2. The topological polar surface area (TPSA) is 21.3 Å². The van der Waals surface area contributed by atoms with Crippen LogP contribution in [0.4, 0.5) is 17.1 Å². The third-order valence-corrected chi connectivity index (χ3v) is 14.2. The number of fused-ring (bicyclic) bond motifs is 11. The van der Waals surface area contributed by atoms with Crippen LogP contribution in [0.25, 0.3) is 115 Å². The van der Waals surface area contributed by atoms with Gasteiger partial charge in [-0.2, -0.15) is 0 Å². The molecule has 0 spiro atoms. The maximum Gasteiger partial charge on any atom is 0.135 e. The Morgan fingerprint density at radius 3 is 1.65 bits per heavy atom. The first-order valence-electron chi connectivity index (χ1n) is 23.6. The Kier molecular flexibility index (Phi) is 8.90. The quantitative estimate of drug-likeness (QED) is 0.149. The first kappa shape index (κ1) is 39.0. The molecule has 69 heavy (non-hydrogen) atoms. The van der Waals surface area contributed by atoms with Gasteiger partial charge < -0.3 is 13.9 Å². The second-order valence-electron chi connectivity index (χ2n) is 18.1. The average Bonchev–Trinajstić information content (AvgIpc) is 3.96. The minimum absolute atomic E-state index is 0.886. The van der Waals surface area contributed by atoms with Crippen LogP contribution in [0.2, 0.25) is 0 Å². The summed E-state index contributed by atoms with van der Waals surface area (Å²) in [6.45, 7) is 0. The summed E-state index contributed by atoms with van der Waals surface area (Å²) < 4.78 is 8.71. The Balaban J connectivity index is 0.959. The van der Waals surface area contributed by atoms with Crippen molar-refractivity contribution in [2.24, 2.45) is 0 Å². The molecule has 0 bridgehead atoms. The van der Waals surface area contributed by atoms with E-state index in [4.69, 9.17) is 4.42 Å². The normalized spacial score (nSPS) is 11.8. The highest BCUT2D eigenvalue weighted by Gasteiger charge is 2.20. The van der Waals surface area contributed by atoms with Crippen molar-refractivity contribution in [3.8, 4) is 39.1 Å². The molecule has 14 rings (SSSR count). The highest BCUT2D eigenvalue weighted by Crippen LogP contribution is 2.44. The van der Waals surface area contributed by atoms with E-state index in [1.807, 2.05) is 12.1 Å². The van der Waals surface area contributed by atoms with E-state index < -0.39 is 0 Å². The van der Waals surface area contributed by atoms with Crippen molar-refractivity contribution in [2.45, 2.75) is 0 Å². The predicted molar refractivity (Wildman–Crippen MR) is 292 cm³/mol. The number of hydrogen-bond donors (Lipinski definition) is 0. The fraction of sp³-hybridized carbons (Fsp3) is 0. The molecule has 0 saturated heterocycles. The second-order valence-corrected chi connectivity index (χ2v) is 18.1. The fourth-order valence-electron chi connectivity index (χ4n) is 10.9. The molecule has 322 valence electrons. The Bertz CT molecular complexity index is 4280. The van der Waals surface area contributed by atoms with Gasteiger partial charge in [-0.3, -0.25) is 0 Å². The van der Waals surface area contributed by atoms with Crippen LogP contribution < -0.4 is 4.90 Å². The van der Waals surface area contributed by atoms with Gasteiger partial charge in [-0.25, -0.2) is 0 Å². The van der Waals surface area contributed by atoms with Crippen LogP contribution in [0, 0.1) is 0 Å². The summed E-state index contributed by atoms with van der Waals surface area (Å²) in [7, 11) is 0. The van der Waals surface area contributed by atoms with E-state index in [1.54, 1.807) is 0 Å². The zero-order valence-corrected chi connectivity index (χ0v) is 37.6. The van der Waals surface area contributed by atoms with E-state index >= 15 is 0 Å². The molecule has 0 radical (unpaired) electrons. The number of aromatic nitrogens is 1. The Morgan fingerprint density at radius 1 is 0.290 bits per heavy atom. The molecule has 0 saturated carbocycles. The zero-order chi connectivity index (χ0) is 45.4. The van der Waals surface area contributed by atoms with Gasteiger partial charge >= 0.3 is 0 Å². The molecule has 0 amide bonds. The Hall–Kier alpha value is -9.18. The van der Waals surface area contributed by atoms with Crippen molar-refractivity contribution < 1.29 is 4.42 Å². The Labute approximate surface area is 399 Å². The summed E-state index contributed by atoms with van der Waals surface area (Å²) in [4.78, 5) is 2.42. The summed E-state index contributed by atoms with van der Waals surface area (Å²) in [6.07, 6.45) is 0. The van der Waals surface area contributed by atoms with Crippen LogP contribution in [-0.4, -0.2) is 4.57 Å². The number of para-hydroxylation sites is 2. The van der Waals surface area contributed by atoms with Gasteiger partial charge in [0.25, 0.3) is 0 Å². The van der Waals surface area contributed by atoms with E-state index in [2.05, 4.69) is 252 Å². The lowest BCUT2D eigenvalue weighted by Crippen LogP contribution is -2.10. The summed E-state index contributed by atoms with van der Waals surface area (Å²) in [5.41, 5.74) is 15.6. The van der Waals surface area contributed by atoms with E-state index in [9.17, 15) is 0 Å². The van der Waals surface area contributed by atoms with Crippen molar-refractivity contribution in [2.75, 3.05) is 4.90 Å². The molecule has 0 aliphatic heterocycles. The molecule has 0 aliphatic carbocycles. The molecule has 3 nitrogen and oxygen atoms in total. The largest absolute Gasteiger partial charge is 0.456 e. The van der Waals surface area contributed by atoms with Gasteiger partial charge in [0.1, 0.15) is 11.2 Å². The fourth-order valence-corrected chi connectivity index (χ4v) is 10.9. The molecular formula is C66H42N2O.